The largest absolute Gasteiger partial charge is 0.480 e. The molecule has 1 unspecified atom stereocenters. The van der Waals surface area contributed by atoms with Crippen molar-refractivity contribution >= 4 is 39.5 Å². The summed E-state index contributed by atoms with van der Waals surface area (Å²) >= 11 is 3.04. The van der Waals surface area contributed by atoms with Crippen molar-refractivity contribution in [3.8, 4) is 0 Å². The van der Waals surface area contributed by atoms with Gasteiger partial charge in [0.05, 0.1) is 31.8 Å². The van der Waals surface area contributed by atoms with E-state index in [9.17, 15) is 24.3 Å². The third-order valence-electron chi connectivity index (χ3n) is 4.19. The van der Waals surface area contributed by atoms with Crippen LogP contribution in [0.3, 0.4) is 0 Å². The van der Waals surface area contributed by atoms with Crippen molar-refractivity contribution in [1.82, 2.24) is 10.6 Å². The number of alkyl halides is 1. The molecule has 0 aliphatic carbocycles. The minimum Gasteiger partial charge on any atom is -0.480 e. The van der Waals surface area contributed by atoms with Gasteiger partial charge in [-0.3, -0.25) is 14.4 Å². The predicted octanol–water partition coefficient (Wildman–Crippen LogP) is 0.673. The molecule has 0 bridgehead atoms. The molecule has 3 N–H and O–H groups in total. The number of aliphatic carboxylic acids is 1. The lowest BCUT2D eigenvalue weighted by Gasteiger charge is -2.14. The SMILES string of the molecule is CCOCCOCC(=O)CCCOCCOCC(=O)NC(CCCCNC(=O)CBr)C(=O)O. The summed E-state index contributed by atoms with van der Waals surface area (Å²) in [6.45, 7) is 4.44. The number of ether oxygens (including phenoxy) is 4. The first-order valence-corrected chi connectivity index (χ1v) is 12.2. The molecule has 0 saturated carbocycles. The van der Waals surface area contributed by atoms with Gasteiger partial charge in [0.25, 0.3) is 0 Å². The maximum absolute atomic E-state index is 11.9. The summed E-state index contributed by atoms with van der Waals surface area (Å²) in [6.07, 6.45) is 2.32. The van der Waals surface area contributed by atoms with Crippen LogP contribution in [0.2, 0.25) is 0 Å². The van der Waals surface area contributed by atoms with Gasteiger partial charge < -0.3 is 34.7 Å². The molecule has 0 rings (SSSR count). The average Bonchev–Trinajstić information content (AvgIpc) is 2.79. The molecule has 33 heavy (non-hydrogen) atoms. The van der Waals surface area contributed by atoms with Crippen molar-refractivity contribution in [3.05, 3.63) is 0 Å². The molecular formula is C21H37BrN2O9. The molecule has 0 heterocycles. The van der Waals surface area contributed by atoms with Crippen LogP contribution in [-0.2, 0) is 38.1 Å². The Bertz CT molecular complexity index is 564. The van der Waals surface area contributed by atoms with Crippen LogP contribution in [0.1, 0.15) is 39.0 Å². The second-order valence-electron chi connectivity index (χ2n) is 6.99. The van der Waals surface area contributed by atoms with Crippen molar-refractivity contribution in [2.75, 3.05) is 64.7 Å². The summed E-state index contributed by atoms with van der Waals surface area (Å²) < 4.78 is 20.8. The highest BCUT2D eigenvalue weighted by Gasteiger charge is 2.19. The third kappa shape index (κ3) is 20.7. The topological polar surface area (TPSA) is 149 Å². The highest BCUT2D eigenvalue weighted by Crippen LogP contribution is 2.01. The average molecular weight is 541 g/mol. The number of carboxylic acid groups (broad SMARTS) is 1. The van der Waals surface area contributed by atoms with E-state index < -0.39 is 17.9 Å². The zero-order chi connectivity index (χ0) is 24.7. The zero-order valence-electron chi connectivity index (χ0n) is 19.3. The molecule has 0 radical (unpaired) electrons. The molecule has 0 spiro atoms. The fourth-order valence-corrected chi connectivity index (χ4v) is 2.72. The van der Waals surface area contributed by atoms with Crippen LogP contribution in [0.4, 0.5) is 0 Å². The van der Waals surface area contributed by atoms with Crippen molar-refractivity contribution < 1.29 is 43.2 Å². The Kier molecular flexibility index (Phi) is 21.1. The summed E-state index contributed by atoms with van der Waals surface area (Å²) in [7, 11) is 0. The van der Waals surface area contributed by atoms with E-state index in [4.69, 9.17) is 18.9 Å². The summed E-state index contributed by atoms with van der Waals surface area (Å²) in [5.74, 6) is -1.78. The van der Waals surface area contributed by atoms with Gasteiger partial charge in [0, 0.05) is 26.2 Å². The first-order valence-electron chi connectivity index (χ1n) is 11.1. The fourth-order valence-electron chi connectivity index (χ4n) is 2.52. The van der Waals surface area contributed by atoms with Gasteiger partial charge in [-0.15, -0.1) is 0 Å². The lowest BCUT2D eigenvalue weighted by Crippen LogP contribution is -2.42. The summed E-state index contributed by atoms with van der Waals surface area (Å²) in [5, 5.41) is 14.5. The van der Waals surface area contributed by atoms with E-state index >= 15 is 0 Å². The molecule has 0 aliphatic heterocycles. The smallest absolute Gasteiger partial charge is 0.326 e. The molecule has 192 valence electrons. The third-order valence-corrected chi connectivity index (χ3v) is 4.69. The van der Waals surface area contributed by atoms with Crippen molar-refractivity contribution in [2.45, 2.75) is 45.1 Å². The van der Waals surface area contributed by atoms with Gasteiger partial charge in [0.15, 0.2) is 5.78 Å². The number of carbonyl (C=O) groups is 4. The van der Waals surface area contributed by atoms with E-state index in [2.05, 4.69) is 26.6 Å². The van der Waals surface area contributed by atoms with Gasteiger partial charge in [0.2, 0.25) is 11.8 Å². The van der Waals surface area contributed by atoms with Crippen molar-refractivity contribution in [3.63, 3.8) is 0 Å². The zero-order valence-corrected chi connectivity index (χ0v) is 20.9. The number of rotatable bonds is 23. The van der Waals surface area contributed by atoms with E-state index in [1.54, 1.807) is 0 Å². The van der Waals surface area contributed by atoms with Crippen LogP contribution >= 0.6 is 15.9 Å². The fraction of sp³-hybridized carbons (Fsp3) is 0.810. The second kappa shape index (κ2) is 22.2. The molecule has 2 amide bonds. The Labute approximate surface area is 203 Å². The van der Waals surface area contributed by atoms with Crippen molar-refractivity contribution in [1.29, 1.82) is 0 Å². The number of nitrogens with one attached hydrogen (secondary N) is 2. The van der Waals surface area contributed by atoms with Gasteiger partial charge in [-0.25, -0.2) is 4.79 Å². The van der Waals surface area contributed by atoms with E-state index in [-0.39, 0.29) is 49.9 Å². The summed E-state index contributed by atoms with van der Waals surface area (Å²) in [4.78, 5) is 45.9. The maximum atomic E-state index is 11.9. The normalized spacial score (nSPS) is 11.7. The number of ketones is 1. The number of hydrogen-bond donors (Lipinski definition) is 3. The number of carbonyl (C=O) groups excluding carboxylic acids is 3. The number of carboxylic acids is 1. The Balaban J connectivity index is 3.69. The highest BCUT2D eigenvalue weighted by atomic mass is 79.9. The quantitative estimate of drug-likeness (QED) is 0.125. The molecule has 11 nitrogen and oxygen atoms in total. The number of hydrogen-bond acceptors (Lipinski definition) is 8. The van der Waals surface area contributed by atoms with E-state index in [1.807, 2.05) is 6.92 Å². The molecule has 0 aromatic heterocycles. The Morgan fingerprint density at radius 3 is 2.18 bits per heavy atom. The van der Waals surface area contributed by atoms with Crippen LogP contribution in [-0.4, -0.2) is 99.4 Å². The molecule has 0 aromatic carbocycles. The lowest BCUT2D eigenvalue weighted by atomic mass is 10.1. The molecule has 0 aliphatic rings. The van der Waals surface area contributed by atoms with Crippen LogP contribution < -0.4 is 10.6 Å². The number of Topliss-reactive ketones (excluding diaryl/α,β-unsaturated/α-hetero) is 1. The minimum absolute atomic E-state index is 0.000287. The van der Waals surface area contributed by atoms with Gasteiger partial charge in [-0.05, 0) is 32.6 Å². The minimum atomic E-state index is -1.12. The summed E-state index contributed by atoms with van der Waals surface area (Å²) in [5.41, 5.74) is 0. The van der Waals surface area contributed by atoms with E-state index in [1.165, 1.54) is 0 Å². The van der Waals surface area contributed by atoms with Crippen LogP contribution in [0.5, 0.6) is 0 Å². The van der Waals surface area contributed by atoms with Crippen LogP contribution in [0, 0.1) is 0 Å². The first-order chi connectivity index (χ1) is 15.9. The molecule has 1 atom stereocenters. The molecule has 0 saturated heterocycles. The van der Waals surface area contributed by atoms with E-state index in [0.717, 1.165) is 0 Å². The van der Waals surface area contributed by atoms with Gasteiger partial charge in [0.1, 0.15) is 19.3 Å². The van der Waals surface area contributed by atoms with Gasteiger partial charge in [-0.1, -0.05) is 15.9 Å². The lowest BCUT2D eigenvalue weighted by molar-refractivity contribution is -0.142. The molecule has 0 aromatic rings. The van der Waals surface area contributed by atoms with Crippen LogP contribution in [0.25, 0.3) is 0 Å². The summed E-state index contributed by atoms with van der Waals surface area (Å²) in [6, 6.07) is -1.01. The second-order valence-corrected chi connectivity index (χ2v) is 7.56. The Morgan fingerprint density at radius 2 is 1.52 bits per heavy atom. The molecular weight excluding hydrogens is 504 g/mol. The monoisotopic (exact) mass is 540 g/mol. The number of unbranched alkanes of at least 4 members (excludes halogenated alkanes) is 1. The van der Waals surface area contributed by atoms with E-state index in [0.29, 0.717) is 58.7 Å². The molecule has 12 heteroatoms. The van der Waals surface area contributed by atoms with Crippen molar-refractivity contribution in [2.24, 2.45) is 0 Å². The molecule has 0 fully saturated rings. The Hall–Kier alpha value is -1.60. The number of halogens is 1. The van der Waals surface area contributed by atoms with Gasteiger partial charge >= 0.3 is 5.97 Å². The maximum Gasteiger partial charge on any atom is 0.326 e. The van der Waals surface area contributed by atoms with Crippen LogP contribution in [0.15, 0.2) is 0 Å². The Morgan fingerprint density at radius 1 is 0.848 bits per heavy atom. The van der Waals surface area contributed by atoms with Gasteiger partial charge in [-0.2, -0.15) is 0 Å². The highest BCUT2D eigenvalue weighted by molar-refractivity contribution is 9.09. The standard InChI is InChI=1S/C21H37BrN2O9/c1-2-30-10-12-32-15-17(25)6-5-9-31-11-13-33-16-20(27)24-18(21(28)29)7-3-4-8-23-19(26)14-22/h18H,2-16H2,1H3,(H,23,26)(H,24,27)(H,28,29). The first kappa shape index (κ1) is 31.4. The number of amides is 2. The predicted molar refractivity (Wildman–Crippen MR) is 123 cm³/mol.